The molecule has 156 valence electrons. The van der Waals surface area contributed by atoms with Crippen LogP contribution in [0, 0.1) is 6.92 Å². The molecule has 2 aromatic rings. The Bertz CT molecular complexity index is 864. The lowest BCUT2D eigenvalue weighted by Gasteiger charge is -2.24. The first-order valence-corrected chi connectivity index (χ1v) is 10.6. The smallest absolute Gasteiger partial charge is 0.127 e. The monoisotopic (exact) mass is 394 g/mol. The molecule has 0 aromatic heterocycles. The molecule has 0 saturated carbocycles. The van der Waals surface area contributed by atoms with Crippen LogP contribution in [-0.4, -0.2) is 12.2 Å². The van der Waals surface area contributed by atoms with Gasteiger partial charge in [0.1, 0.15) is 23.7 Å². The number of hydrogen-bond acceptors (Lipinski definition) is 3. The van der Waals surface area contributed by atoms with Gasteiger partial charge in [0.15, 0.2) is 0 Å². The molecule has 0 spiro atoms. The number of hydrogen-bond donors (Lipinski definition) is 0. The Morgan fingerprint density at radius 3 is 2.55 bits per heavy atom. The van der Waals surface area contributed by atoms with E-state index in [1.807, 2.05) is 13.0 Å². The number of fused-ring (bicyclic) bond motifs is 1. The summed E-state index contributed by atoms with van der Waals surface area (Å²) in [5, 5.41) is 0. The van der Waals surface area contributed by atoms with Crippen molar-refractivity contribution >= 4 is 0 Å². The summed E-state index contributed by atoms with van der Waals surface area (Å²) in [7, 11) is 0. The number of rotatable bonds is 8. The van der Waals surface area contributed by atoms with Crippen molar-refractivity contribution in [3.8, 4) is 11.5 Å². The molecular weight excluding hydrogens is 360 g/mol. The summed E-state index contributed by atoms with van der Waals surface area (Å²) in [5.41, 5.74) is 5.94. The Hall–Kier alpha value is -2.42. The third-order valence-electron chi connectivity index (χ3n) is 5.38. The average Bonchev–Trinajstić information content (AvgIpc) is 3.01. The number of allylic oxidation sites excluding steroid dienone is 1. The van der Waals surface area contributed by atoms with Gasteiger partial charge in [0.25, 0.3) is 0 Å². The second-order valence-electron chi connectivity index (χ2n) is 8.65. The van der Waals surface area contributed by atoms with Crippen molar-refractivity contribution in [2.24, 2.45) is 0 Å². The quantitative estimate of drug-likeness (QED) is 0.478. The topological polar surface area (TPSA) is 27.7 Å². The van der Waals surface area contributed by atoms with Crippen molar-refractivity contribution in [3.63, 3.8) is 0 Å². The molecule has 0 radical (unpaired) electrons. The first-order chi connectivity index (χ1) is 13.8. The van der Waals surface area contributed by atoms with Crippen LogP contribution < -0.4 is 9.47 Å². The molecule has 0 atom stereocenters. The van der Waals surface area contributed by atoms with Crippen LogP contribution in [0.5, 0.6) is 11.5 Å². The molecule has 0 aliphatic carbocycles. The summed E-state index contributed by atoms with van der Waals surface area (Å²) in [6.45, 7) is 14.2. The number of ether oxygens (including phenoxy) is 3. The van der Waals surface area contributed by atoms with Crippen molar-refractivity contribution in [1.82, 2.24) is 0 Å². The molecule has 1 aliphatic heterocycles. The van der Waals surface area contributed by atoms with Gasteiger partial charge in [-0.05, 0) is 57.2 Å². The van der Waals surface area contributed by atoms with Crippen molar-refractivity contribution in [3.05, 3.63) is 70.5 Å². The Kier molecular flexibility index (Phi) is 6.56. The standard InChI is InChI=1S/C26H34O3/c1-7-27-15-11-14-21-23(18(2)3)24(28-17-20-12-9-8-10-13-20)19(4)22-16-26(5,6)29-25(21)22/h8-13,15,18H,7,14,16-17H2,1-6H3/b15-11+. The fraction of sp³-hybridized carbons (Fsp3) is 0.462. The van der Waals surface area contributed by atoms with Crippen molar-refractivity contribution in [2.75, 3.05) is 6.61 Å². The van der Waals surface area contributed by atoms with Gasteiger partial charge in [0.2, 0.25) is 0 Å². The van der Waals surface area contributed by atoms with E-state index in [0.717, 1.165) is 24.3 Å². The minimum Gasteiger partial charge on any atom is -0.502 e. The van der Waals surface area contributed by atoms with E-state index in [1.165, 1.54) is 27.8 Å². The molecule has 0 bridgehead atoms. The summed E-state index contributed by atoms with van der Waals surface area (Å²) in [5.74, 6) is 2.39. The van der Waals surface area contributed by atoms with Crippen LogP contribution in [0.1, 0.15) is 68.4 Å². The van der Waals surface area contributed by atoms with Crippen LogP contribution in [-0.2, 0) is 24.2 Å². The lowest BCUT2D eigenvalue weighted by molar-refractivity contribution is 0.137. The maximum absolute atomic E-state index is 6.47. The normalized spacial score (nSPS) is 14.9. The fourth-order valence-corrected chi connectivity index (χ4v) is 4.08. The van der Waals surface area contributed by atoms with Crippen molar-refractivity contribution in [1.29, 1.82) is 0 Å². The fourth-order valence-electron chi connectivity index (χ4n) is 4.08. The van der Waals surface area contributed by atoms with Gasteiger partial charge in [-0.3, -0.25) is 0 Å². The van der Waals surface area contributed by atoms with Crippen LogP contribution in [0.4, 0.5) is 0 Å². The zero-order valence-electron chi connectivity index (χ0n) is 18.7. The van der Waals surface area contributed by atoms with Crippen LogP contribution in [0.15, 0.2) is 42.7 Å². The van der Waals surface area contributed by atoms with Crippen LogP contribution in [0.25, 0.3) is 0 Å². The molecule has 0 fully saturated rings. The van der Waals surface area contributed by atoms with E-state index in [2.05, 4.69) is 65.0 Å². The molecule has 3 rings (SSSR count). The van der Waals surface area contributed by atoms with Crippen molar-refractivity contribution < 1.29 is 14.2 Å². The molecule has 0 amide bonds. The third kappa shape index (κ3) is 4.77. The average molecular weight is 395 g/mol. The van der Waals surface area contributed by atoms with Gasteiger partial charge in [0.05, 0.1) is 12.9 Å². The minimum absolute atomic E-state index is 0.197. The molecule has 0 unspecified atom stereocenters. The largest absolute Gasteiger partial charge is 0.502 e. The highest BCUT2D eigenvalue weighted by Gasteiger charge is 2.36. The zero-order valence-corrected chi connectivity index (χ0v) is 18.7. The lowest BCUT2D eigenvalue weighted by Crippen LogP contribution is -2.25. The second kappa shape index (κ2) is 8.94. The molecule has 2 aromatic carbocycles. The van der Waals surface area contributed by atoms with Gasteiger partial charge in [-0.2, -0.15) is 0 Å². The minimum atomic E-state index is -0.197. The second-order valence-corrected chi connectivity index (χ2v) is 8.65. The van der Waals surface area contributed by atoms with Crippen LogP contribution in [0.2, 0.25) is 0 Å². The summed E-state index contributed by atoms with van der Waals surface area (Å²) in [6, 6.07) is 10.4. The summed E-state index contributed by atoms with van der Waals surface area (Å²) < 4.78 is 18.3. The summed E-state index contributed by atoms with van der Waals surface area (Å²) in [4.78, 5) is 0. The maximum atomic E-state index is 6.47. The molecule has 0 saturated heterocycles. The van der Waals surface area contributed by atoms with E-state index in [0.29, 0.717) is 19.1 Å². The summed E-state index contributed by atoms with van der Waals surface area (Å²) >= 11 is 0. The first kappa shape index (κ1) is 21.3. The Balaban J connectivity index is 2.06. The van der Waals surface area contributed by atoms with Gasteiger partial charge in [-0.15, -0.1) is 0 Å². The molecular formula is C26H34O3. The number of benzene rings is 2. The Morgan fingerprint density at radius 1 is 1.17 bits per heavy atom. The van der Waals surface area contributed by atoms with Gasteiger partial charge < -0.3 is 14.2 Å². The molecule has 0 N–H and O–H groups in total. The highest BCUT2D eigenvalue weighted by Crippen LogP contribution is 2.48. The predicted octanol–water partition coefficient (Wildman–Crippen LogP) is 6.50. The van der Waals surface area contributed by atoms with Crippen molar-refractivity contribution in [2.45, 2.75) is 72.5 Å². The lowest BCUT2D eigenvalue weighted by atomic mass is 9.87. The van der Waals surface area contributed by atoms with Gasteiger partial charge in [-0.1, -0.05) is 44.2 Å². The highest BCUT2D eigenvalue weighted by atomic mass is 16.5. The molecule has 1 heterocycles. The van der Waals surface area contributed by atoms with Crippen LogP contribution in [0.3, 0.4) is 0 Å². The van der Waals surface area contributed by atoms with Gasteiger partial charge >= 0.3 is 0 Å². The SMILES string of the molecule is CCO/C=C/Cc1c2c(c(C)c(OCc3ccccc3)c1C(C)C)CC(C)(C)O2. The maximum Gasteiger partial charge on any atom is 0.127 e. The highest BCUT2D eigenvalue weighted by molar-refractivity contribution is 5.62. The summed E-state index contributed by atoms with van der Waals surface area (Å²) in [6.07, 6.45) is 5.54. The Morgan fingerprint density at radius 2 is 1.90 bits per heavy atom. The van der Waals surface area contributed by atoms with Crippen LogP contribution >= 0.6 is 0 Å². The van der Waals surface area contributed by atoms with E-state index in [9.17, 15) is 0 Å². The van der Waals surface area contributed by atoms with E-state index in [4.69, 9.17) is 14.2 Å². The zero-order chi connectivity index (χ0) is 21.0. The Labute approximate surface area is 175 Å². The van der Waals surface area contributed by atoms with Gasteiger partial charge in [0, 0.05) is 23.1 Å². The van der Waals surface area contributed by atoms with E-state index < -0.39 is 0 Å². The molecule has 29 heavy (non-hydrogen) atoms. The van der Waals surface area contributed by atoms with E-state index in [1.54, 1.807) is 6.26 Å². The molecule has 3 nitrogen and oxygen atoms in total. The molecule has 1 aliphatic rings. The predicted molar refractivity (Wildman–Crippen MR) is 119 cm³/mol. The van der Waals surface area contributed by atoms with E-state index in [-0.39, 0.29) is 5.60 Å². The first-order valence-electron chi connectivity index (χ1n) is 10.6. The van der Waals surface area contributed by atoms with E-state index >= 15 is 0 Å². The third-order valence-corrected chi connectivity index (χ3v) is 5.38. The molecule has 3 heteroatoms. The van der Waals surface area contributed by atoms with Gasteiger partial charge in [-0.25, -0.2) is 0 Å².